The maximum absolute atomic E-state index is 13.4. The molecule has 4 amide bonds. The summed E-state index contributed by atoms with van der Waals surface area (Å²) < 4.78 is 15.0. The number of nitrogens with zero attached hydrogens (tertiary/aromatic N) is 4. The number of aromatic nitrogens is 2. The van der Waals surface area contributed by atoms with Gasteiger partial charge in [0.25, 0.3) is 0 Å². The zero-order chi connectivity index (χ0) is 30.6. The Balaban J connectivity index is 1.24. The smallest absolute Gasteiger partial charge is 0.337 e. The molecule has 1 atom stereocenters. The zero-order valence-corrected chi connectivity index (χ0v) is 24.3. The third-order valence-corrected chi connectivity index (χ3v) is 8.21. The minimum atomic E-state index is -1.06. The summed E-state index contributed by atoms with van der Waals surface area (Å²) in [5.41, 5.74) is 2.06. The first kappa shape index (κ1) is 29.7. The number of amides is 4. The van der Waals surface area contributed by atoms with E-state index in [2.05, 4.69) is 25.8 Å². The summed E-state index contributed by atoms with van der Waals surface area (Å²) in [5.74, 6) is -0.906. The average molecular weight is 591 g/mol. The Labute approximate surface area is 248 Å². The highest BCUT2D eigenvalue weighted by atomic mass is 16.6. The summed E-state index contributed by atoms with van der Waals surface area (Å²) in [5, 5.41) is 13.1. The predicted octanol–water partition coefficient (Wildman–Crippen LogP) is 3.04. The van der Waals surface area contributed by atoms with Crippen LogP contribution in [0.2, 0.25) is 0 Å². The Bertz CT molecular complexity index is 1540. The van der Waals surface area contributed by atoms with Crippen LogP contribution in [0, 0.1) is 0 Å². The van der Waals surface area contributed by atoms with Gasteiger partial charge in [-0.15, -0.1) is 0 Å². The van der Waals surface area contributed by atoms with E-state index < -0.39 is 29.5 Å². The van der Waals surface area contributed by atoms with Crippen LogP contribution in [0.1, 0.15) is 43.4 Å². The van der Waals surface area contributed by atoms with Gasteiger partial charge in [0.2, 0.25) is 0 Å². The van der Waals surface area contributed by atoms with E-state index in [1.165, 1.54) is 14.2 Å². The molecule has 1 saturated heterocycles. The third kappa shape index (κ3) is 5.80. The molecular formula is C30H34N6O7. The Kier molecular flexibility index (Phi) is 8.71. The number of nitrogens with one attached hydrogen (secondary N) is 2. The van der Waals surface area contributed by atoms with Gasteiger partial charge in [-0.2, -0.15) is 0 Å². The minimum Gasteiger partial charge on any atom is -0.468 e. The van der Waals surface area contributed by atoms with Crippen molar-refractivity contribution in [2.75, 3.05) is 40.4 Å². The lowest BCUT2D eigenvalue weighted by atomic mass is 9.72. The number of likely N-dealkylation sites (tertiary alicyclic amines) is 1. The molecule has 13 nitrogen and oxygen atoms in total. The zero-order valence-electron chi connectivity index (χ0n) is 24.3. The van der Waals surface area contributed by atoms with Crippen LogP contribution in [0.3, 0.4) is 0 Å². The van der Waals surface area contributed by atoms with Crippen LogP contribution < -0.4 is 10.6 Å². The van der Waals surface area contributed by atoms with Crippen molar-refractivity contribution < 1.29 is 33.3 Å². The predicted molar refractivity (Wildman–Crippen MR) is 153 cm³/mol. The molecule has 0 aliphatic carbocycles. The van der Waals surface area contributed by atoms with Crippen LogP contribution in [0.25, 0.3) is 11.0 Å². The van der Waals surface area contributed by atoms with Gasteiger partial charge in [0, 0.05) is 12.2 Å². The van der Waals surface area contributed by atoms with Crippen molar-refractivity contribution in [1.29, 1.82) is 0 Å². The van der Waals surface area contributed by atoms with Gasteiger partial charge in [-0.3, -0.25) is 4.79 Å². The summed E-state index contributed by atoms with van der Waals surface area (Å²) in [6, 6.07) is 12.2. The standard InChI is InChI=1S/C30H34N6O7/c1-19-24(26(37)41-2)25(20-10-11-22-23(18-20)34-43-33-22)36(29(40)32-19)28(39)31-14-7-15-35-16-12-30(13-17-35,27(38)42-3)21-8-5-4-6-9-21/h4-6,8-11,18,25H,7,12-17H2,1-3H3,(H,31,39)(H,32,40). The number of esters is 2. The van der Waals surface area contributed by atoms with Gasteiger partial charge in [-0.1, -0.05) is 36.4 Å². The second kappa shape index (κ2) is 12.6. The maximum Gasteiger partial charge on any atom is 0.337 e. The topological polar surface area (TPSA) is 156 Å². The van der Waals surface area contributed by atoms with Crippen molar-refractivity contribution in [2.45, 2.75) is 37.6 Å². The molecule has 2 N–H and O–H groups in total. The van der Waals surface area contributed by atoms with E-state index in [0.29, 0.717) is 55.5 Å². The number of allylic oxidation sites excluding steroid dienone is 1. The van der Waals surface area contributed by atoms with Gasteiger partial charge in [-0.25, -0.2) is 23.9 Å². The second-order valence-electron chi connectivity index (χ2n) is 10.6. The summed E-state index contributed by atoms with van der Waals surface area (Å²) >= 11 is 0. The number of rotatable bonds is 8. The summed E-state index contributed by atoms with van der Waals surface area (Å²) in [4.78, 5) is 55.4. The Morgan fingerprint density at radius 1 is 1.05 bits per heavy atom. The Hall–Kier alpha value is -4.78. The highest BCUT2D eigenvalue weighted by Gasteiger charge is 2.44. The van der Waals surface area contributed by atoms with E-state index >= 15 is 0 Å². The molecule has 1 unspecified atom stereocenters. The summed E-state index contributed by atoms with van der Waals surface area (Å²) in [6.45, 7) is 3.94. The summed E-state index contributed by atoms with van der Waals surface area (Å²) in [7, 11) is 2.66. The van der Waals surface area contributed by atoms with Crippen molar-refractivity contribution in [3.8, 4) is 0 Å². The number of urea groups is 2. The highest BCUT2D eigenvalue weighted by Crippen LogP contribution is 2.37. The molecule has 226 valence electrons. The molecular weight excluding hydrogens is 556 g/mol. The number of carbonyl (C=O) groups excluding carboxylic acids is 4. The molecule has 0 radical (unpaired) electrons. The van der Waals surface area contributed by atoms with Gasteiger partial charge in [0.1, 0.15) is 17.1 Å². The molecule has 2 aromatic carbocycles. The SMILES string of the molecule is COC(=O)C1=C(C)NC(=O)N(C(=O)NCCCN2CCC(C(=O)OC)(c3ccccc3)CC2)C1c1ccc2nonc2c1. The molecule has 5 rings (SSSR count). The highest BCUT2D eigenvalue weighted by molar-refractivity contribution is 6.01. The minimum absolute atomic E-state index is 0.119. The van der Waals surface area contributed by atoms with Crippen LogP contribution in [0.4, 0.5) is 9.59 Å². The van der Waals surface area contributed by atoms with Gasteiger partial charge in [0.05, 0.1) is 25.2 Å². The van der Waals surface area contributed by atoms with Crippen LogP contribution in [-0.2, 0) is 24.5 Å². The fraction of sp³-hybridized carbons (Fsp3) is 0.400. The van der Waals surface area contributed by atoms with Gasteiger partial charge >= 0.3 is 24.0 Å². The van der Waals surface area contributed by atoms with Crippen LogP contribution in [0.15, 0.2) is 64.4 Å². The molecule has 0 spiro atoms. The number of fused-ring (bicyclic) bond motifs is 1. The van der Waals surface area contributed by atoms with Crippen LogP contribution in [0.5, 0.6) is 0 Å². The van der Waals surface area contributed by atoms with E-state index in [4.69, 9.17) is 14.1 Å². The summed E-state index contributed by atoms with van der Waals surface area (Å²) in [6.07, 6.45) is 1.86. The van der Waals surface area contributed by atoms with E-state index in [0.717, 1.165) is 10.5 Å². The molecule has 1 aromatic heterocycles. The number of benzene rings is 2. The number of carbonyl (C=O) groups is 4. The van der Waals surface area contributed by atoms with Crippen LogP contribution >= 0.6 is 0 Å². The number of hydrogen-bond donors (Lipinski definition) is 2. The van der Waals surface area contributed by atoms with E-state index in [-0.39, 0.29) is 23.8 Å². The molecule has 3 heterocycles. The maximum atomic E-state index is 13.4. The number of imide groups is 1. The Morgan fingerprint density at radius 2 is 1.77 bits per heavy atom. The van der Waals surface area contributed by atoms with E-state index in [9.17, 15) is 19.2 Å². The van der Waals surface area contributed by atoms with Gasteiger partial charge < -0.3 is 25.0 Å². The third-order valence-electron chi connectivity index (χ3n) is 8.21. The number of piperidine rings is 1. The molecule has 0 bridgehead atoms. The second-order valence-corrected chi connectivity index (χ2v) is 10.6. The van der Waals surface area contributed by atoms with E-state index in [1.54, 1.807) is 25.1 Å². The lowest BCUT2D eigenvalue weighted by Gasteiger charge is -2.40. The Morgan fingerprint density at radius 3 is 2.47 bits per heavy atom. The normalized spacial score (nSPS) is 18.7. The quantitative estimate of drug-likeness (QED) is 0.295. The van der Waals surface area contributed by atoms with Crippen molar-refractivity contribution in [2.24, 2.45) is 0 Å². The number of hydrogen-bond acceptors (Lipinski definition) is 10. The fourth-order valence-electron chi connectivity index (χ4n) is 5.91. The molecule has 3 aromatic rings. The molecule has 2 aliphatic rings. The molecule has 43 heavy (non-hydrogen) atoms. The van der Waals surface area contributed by atoms with Crippen molar-refractivity contribution in [1.82, 2.24) is 30.7 Å². The number of ether oxygens (including phenoxy) is 2. The molecule has 2 aliphatic heterocycles. The lowest BCUT2D eigenvalue weighted by molar-refractivity contribution is -0.149. The molecule has 0 saturated carbocycles. The van der Waals surface area contributed by atoms with E-state index in [1.807, 2.05) is 30.3 Å². The lowest BCUT2D eigenvalue weighted by Crippen LogP contribution is -2.54. The first-order chi connectivity index (χ1) is 20.8. The first-order valence-electron chi connectivity index (χ1n) is 14.0. The van der Waals surface area contributed by atoms with Gasteiger partial charge in [0.15, 0.2) is 0 Å². The number of methoxy groups -OCH3 is 2. The largest absolute Gasteiger partial charge is 0.468 e. The molecule has 13 heteroatoms. The van der Waals surface area contributed by atoms with Crippen molar-refractivity contribution in [3.63, 3.8) is 0 Å². The molecule has 1 fully saturated rings. The van der Waals surface area contributed by atoms with Crippen molar-refractivity contribution in [3.05, 3.63) is 70.9 Å². The fourth-order valence-corrected chi connectivity index (χ4v) is 5.91. The average Bonchev–Trinajstić information content (AvgIpc) is 3.51. The first-order valence-corrected chi connectivity index (χ1v) is 14.0. The van der Waals surface area contributed by atoms with Crippen LogP contribution in [-0.4, -0.2) is 84.5 Å². The monoisotopic (exact) mass is 590 g/mol. The van der Waals surface area contributed by atoms with Crippen molar-refractivity contribution >= 4 is 35.0 Å². The van der Waals surface area contributed by atoms with Gasteiger partial charge in [-0.05, 0) is 79.4 Å².